The number of carbonyl (C=O) groups excluding carboxylic acids is 1. The molecular weight excluding hydrogens is 311 g/mol. The van der Waals surface area contributed by atoms with Gasteiger partial charge in [0, 0.05) is 10.9 Å². The van der Waals surface area contributed by atoms with Crippen molar-refractivity contribution in [3.05, 3.63) is 44.0 Å². The molecule has 0 radical (unpaired) electrons. The van der Waals surface area contributed by atoms with Crippen molar-refractivity contribution in [2.24, 2.45) is 0 Å². The highest BCUT2D eigenvalue weighted by Gasteiger charge is 2.10. The molecule has 0 aliphatic rings. The van der Waals surface area contributed by atoms with E-state index in [4.69, 9.17) is 4.42 Å². The van der Waals surface area contributed by atoms with Gasteiger partial charge in [-0.15, -0.1) is 11.3 Å². The van der Waals surface area contributed by atoms with E-state index in [0.717, 1.165) is 14.2 Å². The van der Waals surface area contributed by atoms with Gasteiger partial charge in [0.25, 0.3) is 0 Å². The average molecular weight is 318 g/mol. The van der Waals surface area contributed by atoms with Crippen LogP contribution in [0.3, 0.4) is 0 Å². The Hall–Kier alpha value is -0.620. The van der Waals surface area contributed by atoms with Gasteiger partial charge < -0.3 is 4.42 Å². The summed E-state index contributed by atoms with van der Waals surface area (Å²) >= 11 is 3.79. The Morgan fingerprint density at radius 3 is 3.00 bits per heavy atom. The average Bonchev–Trinajstić information content (AvgIpc) is 2.75. The Labute approximate surface area is 99.1 Å². The van der Waals surface area contributed by atoms with Crippen molar-refractivity contribution >= 4 is 39.7 Å². The highest BCUT2D eigenvalue weighted by Crippen LogP contribution is 2.18. The zero-order valence-electron chi connectivity index (χ0n) is 7.20. The number of ketones is 1. The third kappa shape index (κ3) is 2.24. The Morgan fingerprint density at radius 2 is 2.43 bits per heavy atom. The largest absolute Gasteiger partial charge is 0.469 e. The standard InChI is InChI=1S/C10H7IO2S/c11-10-4-7(6-14-10)9(12)5-8-2-1-3-13-8/h1-4,6H,5H2. The monoisotopic (exact) mass is 318 g/mol. The van der Waals surface area contributed by atoms with E-state index in [1.54, 1.807) is 23.7 Å². The molecule has 2 nitrogen and oxygen atoms in total. The maximum atomic E-state index is 11.7. The SMILES string of the molecule is O=C(Cc1ccco1)c1csc(I)c1. The van der Waals surface area contributed by atoms with Crippen LogP contribution in [0.25, 0.3) is 0 Å². The molecule has 4 heteroatoms. The van der Waals surface area contributed by atoms with E-state index >= 15 is 0 Å². The summed E-state index contributed by atoms with van der Waals surface area (Å²) in [5, 5.41) is 1.88. The van der Waals surface area contributed by atoms with Gasteiger partial charge >= 0.3 is 0 Å². The molecule has 14 heavy (non-hydrogen) atoms. The molecule has 2 heterocycles. The topological polar surface area (TPSA) is 30.2 Å². The first kappa shape index (κ1) is 9.92. The van der Waals surface area contributed by atoms with Gasteiger partial charge in [-0.1, -0.05) is 0 Å². The third-order valence-corrected chi connectivity index (χ3v) is 3.59. The number of hydrogen-bond acceptors (Lipinski definition) is 3. The van der Waals surface area contributed by atoms with Gasteiger partial charge in [-0.3, -0.25) is 4.79 Å². The lowest BCUT2D eigenvalue weighted by atomic mass is 10.1. The quantitative estimate of drug-likeness (QED) is 0.642. The molecule has 0 bridgehead atoms. The molecule has 0 N–H and O–H groups in total. The lowest BCUT2D eigenvalue weighted by Crippen LogP contribution is -2.00. The van der Waals surface area contributed by atoms with Gasteiger partial charge in [-0.05, 0) is 40.8 Å². The molecule has 0 aliphatic heterocycles. The van der Waals surface area contributed by atoms with Crippen LogP contribution in [0.4, 0.5) is 0 Å². The van der Waals surface area contributed by atoms with Gasteiger partial charge in [0.1, 0.15) is 5.76 Å². The molecule has 0 aromatic carbocycles. The predicted molar refractivity (Wildman–Crippen MR) is 63.8 cm³/mol. The minimum Gasteiger partial charge on any atom is -0.469 e. The lowest BCUT2D eigenvalue weighted by Gasteiger charge is -1.93. The second-order valence-corrected chi connectivity index (χ2v) is 5.62. The van der Waals surface area contributed by atoms with E-state index in [0.29, 0.717) is 6.42 Å². The summed E-state index contributed by atoms with van der Waals surface area (Å²) in [6.45, 7) is 0. The maximum Gasteiger partial charge on any atom is 0.171 e. The number of thiophene rings is 1. The van der Waals surface area contributed by atoms with Gasteiger partial charge in [0.15, 0.2) is 5.78 Å². The second kappa shape index (κ2) is 4.27. The summed E-state index contributed by atoms with van der Waals surface area (Å²) in [7, 11) is 0. The van der Waals surface area contributed by atoms with Crippen LogP contribution in [0.1, 0.15) is 16.1 Å². The smallest absolute Gasteiger partial charge is 0.171 e. The summed E-state index contributed by atoms with van der Waals surface area (Å²) < 4.78 is 6.24. The minimum atomic E-state index is 0.110. The van der Waals surface area contributed by atoms with E-state index in [1.807, 2.05) is 17.5 Å². The van der Waals surface area contributed by atoms with Gasteiger partial charge in [0.05, 0.1) is 15.6 Å². The first-order chi connectivity index (χ1) is 6.75. The van der Waals surface area contributed by atoms with Crippen molar-refractivity contribution in [1.82, 2.24) is 0 Å². The minimum absolute atomic E-state index is 0.110. The van der Waals surface area contributed by atoms with Gasteiger partial charge in [-0.2, -0.15) is 0 Å². The molecular formula is C10H7IO2S. The van der Waals surface area contributed by atoms with Crippen LogP contribution in [0.5, 0.6) is 0 Å². The molecule has 72 valence electrons. The molecule has 2 rings (SSSR count). The number of rotatable bonds is 3. The van der Waals surface area contributed by atoms with Crippen LogP contribution in [0, 0.1) is 2.88 Å². The number of carbonyl (C=O) groups is 1. The molecule has 0 spiro atoms. The lowest BCUT2D eigenvalue weighted by molar-refractivity contribution is 0.0987. The van der Waals surface area contributed by atoms with Crippen molar-refractivity contribution < 1.29 is 9.21 Å². The predicted octanol–water partition coefficient (Wildman–Crippen LogP) is 3.37. The molecule has 0 saturated heterocycles. The number of halogens is 1. The fraction of sp³-hybridized carbons (Fsp3) is 0.100. The molecule has 0 aliphatic carbocycles. The fourth-order valence-electron chi connectivity index (χ4n) is 1.13. The first-order valence-corrected chi connectivity index (χ1v) is 6.01. The van der Waals surface area contributed by atoms with Crippen LogP contribution in [-0.2, 0) is 6.42 Å². The van der Waals surface area contributed by atoms with Crippen molar-refractivity contribution in [2.45, 2.75) is 6.42 Å². The summed E-state index contributed by atoms with van der Waals surface area (Å²) in [6, 6.07) is 5.51. The molecule has 2 aromatic rings. The first-order valence-electron chi connectivity index (χ1n) is 4.05. The Balaban J connectivity index is 2.10. The highest BCUT2D eigenvalue weighted by atomic mass is 127. The van der Waals surface area contributed by atoms with E-state index in [2.05, 4.69) is 22.6 Å². The molecule has 0 atom stereocenters. The Morgan fingerprint density at radius 1 is 1.57 bits per heavy atom. The molecule has 2 aromatic heterocycles. The number of furan rings is 1. The second-order valence-electron chi connectivity index (χ2n) is 2.82. The third-order valence-electron chi connectivity index (χ3n) is 1.80. The van der Waals surface area contributed by atoms with Crippen LogP contribution >= 0.6 is 33.9 Å². The highest BCUT2D eigenvalue weighted by molar-refractivity contribution is 14.1. The fourth-order valence-corrected chi connectivity index (χ4v) is 2.48. The van der Waals surface area contributed by atoms with Crippen LogP contribution in [-0.4, -0.2) is 5.78 Å². The van der Waals surface area contributed by atoms with E-state index < -0.39 is 0 Å². The molecule has 0 fully saturated rings. The van der Waals surface area contributed by atoms with Gasteiger partial charge in [-0.25, -0.2) is 0 Å². The van der Waals surface area contributed by atoms with Crippen molar-refractivity contribution in [3.63, 3.8) is 0 Å². The zero-order valence-corrected chi connectivity index (χ0v) is 10.2. The van der Waals surface area contributed by atoms with E-state index in [1.165, 1.54) is 0 Å². The van der Waals surface area contributed by atoms with Crippen LogP contribution < -0.4 is 0 Å². The van der Waals surface area contributed by atoms with E-state index in [-0.39, 0.29) is 5.78 Å². The van der Waals surface area contributed by atoms with Crippen LogP contribution in [0.2, 0.25) is 0 Å². The summed E-state index contributed by atoms with van der Waals surface area (Å²) in [6.07, 6.45) is 1.93. The molecule has 0 saturated carbocycles. The van der Waals surface area contributed by atoms with Crippen LogP contribution in [0.15, 0.2) is 34.3 Å². The van der Waals surface area contributed by atoms with Crippen molar-refractivity contribution in [1.29, 1.82) is 0 Å². The summed E-state index contributed by atoms with van der Waals surface area (Å²) in [5.74, 6) is 0.829. The van der Waals surface area contributed by atoms with Crippen molar-refractivity contribution in [3.8, 4) is 0 Å². The maximum absolute atomic E-state index is 11.7. The Bertz CT molecular complexity index is 431. The van der Waals surface area contributed by atoms with Gasteiger partial charge in [0.2, 0.25) is 0 Å². The number of Topliss-reactive ketones (excluding diaryl/α,β-unsaturated/α-hetero) is 1. The summed E-state index contributed by atoms with van der Waals surface area (Å²) in [5.41, 5.74) is 0.774. The normalized spacial score (nSPS) is 10.4. The van der Waals surface area contributed by atoms with Crippen molar-refractivity contribution in [2.75, 3.05) is 0 Å². The zero-order chi connectivity index (χ0) is 9.97. The summed E-state index contributed by atoms with van der Waals surface area (Å²) in [4.78, 5) is 11.7. The Kier molecular flexibility index (Phi) is 3.02. The number of hydrogen-bond donors (Lipinski definition) is 0. The van der Waals surface area contributed by atoms with E-state index in [9.17, 15) is 4.79 Å². The molecule has 0 unspecified atom stereocenters. The molecule has 0 amide bonds.